The van der Waals surface area contributed by atoms with E-state index in [1.54, 1.807) is 0 Å². The fraction of sp³-hybridized carbons (Fsp3) is 0.588. The maximum absolute atomic E-state index is 11.7. The smallest absolute Gasteiger partial charge is 0.309 e. The minimum atomic E-state index is -0.546. The predicted octanol–water partition coefficient (Wildman–Crippen LogP) is 0.934. The fourth-order valence-electron chi connectivity index (χ4n) is 2.74. The van der Waals surface area contributed by atoms with Gasteiger partial charge in [-0.05, 0) is 63.4 Å². The number of hydrogen-bond donors (Lipinski definition) is 2. The van der Waals surface area contributed by atoms with Gasteiger partial charge in [0.2, 0.25) is 0 Å². The molecular weight excluding hydrogens is 292 g/mol. The maximum Gasteiger partial charge on any atom is 0.309 e. The molecule has 6 heteroatoms. The lowest BCUT2D eigenvalue weighted by Crippen LogP contribution is -2.45. The molecule has 2 rings (SSSR count). The largest absolute Gasteiger partial charge is 0.348 e. The van der Waals surface area contributed by atoms with Crippen molar-refractivity contribution in [1.82, 2.24) is 20.5 Å². The van der Waals surface area contributed by atoms with Crippen LogP contribution in [0.3, 0.4) is 0 Å². The third-order valence-electron chi connectivity index (χ3n) is 4.04. The van der Waals surface area contributed by atoms with Crippen LogP contribution in [-0.4, -0.2) is 47.4 Å². The molecular formula is C17H26N4O2. The van der Waals surface area contributed by atoms with E-state index in [4.69, 9.17) is 0 Å². The van der Waals surface area contributed by atoms with Crippen LogP contribution in [0.1, 0.15) is 32.3 Å². The highest BCUT2D eigenvalue weighted by molar-refractivity contribution is 6.35. The first-order valence-electron chi connectivity index (χ1n) is 8.24. The Bertz CT molecular complexity index is 511. The van der Waals surface area contributed by atoms with Crippen LogP contribution >= 0.6 is 0 Å². The number of carbonyl (C=O) groups is 2. The second-order valence-corrected chi connectivity index (χ2v) is 6.41. The molecule has 0 aromatic carbocycles. The fourth-order valence-corrected chi connectivity index (χ4v) is 2.74. The topological polar surface area (TPSA) is 74.3 Å². The average molecular weight is 318 g/mol. The van der Waals surface area contributed by atoms with E-state index in [0.29, 0.717) is 12.5 Å². The highest BCUT2D eigenvalue weighted by atomic mass is 16.2. The molecule has 2 N–H and O–H groups in total. The van der Waals surface area contributed by atoms with Crippen LogP contribution in [0.15, 0.2) is 24.5 Å². The van der Waals surface area contributed by atoms with Gasteiger partial charge in [-0.15, -0.1) is 0 Å². The van der Waals surface area contributed by atoms with E-state index >= 15 is 0 Å². The van der Waals surface area contributed by atoms with Crippen molar-refractivity contribution < 1.29 is 9.59 Å². The molecule has 0 radical (unpaired) electrons. The van der Waals surface area contributed by atoms with E-state index in [2.05, 4.69) is 20.5 Å². The van der Waals surface area contributed by atoms with Gasteiger partial charge in [-0.2, -0.15) is 0 Å². The van der Waals surface area contributed by atoms with Gasteiger partial charge in [0.15, 0.2) is 0 Å². The van der Waals surface area contributed by atoms with Gasteiger partial charge in [0, 0.05) is 31.5 Å². The lowest BCUT2D eigenvalue weighted by atomic mass is 9.96. The molecule has 0 atom stereocenters. The Hall–Kier alpha value is -1.95. The quantitative estimate of drug-likeness (QED) is 0.792. The summed E-state index contributed by atoms with van der Waals surface area (Å²) >= 11 is 0. The first-order chi connectivity index (χ1) is 11.0. The lowest BCUT2D eigenvalue weighted by molar-refractivity contribution is -0.139. The zero-order chi connectivity index (χ0) is 16.7. The van der Waals surface area contributed by atoms with Crippen molar-refractivity contribution in [2.75, 3.05) is 19.6 Å². The molecule has 0 unspecified atom stereocenters. The molecule has 23 heavy (non-hydrogen) atoms. The maximum atomic E-state index is 11.7. The van der Waals surface area contributed by atoms with Gasteiger partial charge in [0.25, 0.3) is 0 Å². The Morgan fingerprint density at radius 3 is 2.48 bits per heavy atom. The van der Waals surface area contributed by atoms with E-state index in [9.17, 15) is 9.59 Å². The highest BCUT2D eigenvalue weighted by Crippen LogP contribution is 2.18. The van der Waals surface area contributed by atoms with Crippen molar-refractivity contribution in [2.45, 2.75) is 39.3 Å². The number of piperidine rings is 1. The summed E-state index contributed by atoms with van der Waals surface area (Å²) in [5.74, 6) is -0.632. The van der Waals surface area contributed by atoms with Gasteiger partial charge >= 0.3 is 11.8 Å². The SMILES string of the molecule is CC(C)NC(=O)C(=O)NCC1CCN(Cc2ccncc2)CC1. The zero-order valence-electron chi connectivity index (χ0n) is 13.9. The van der Waals surface area contributed by atoms with Crippen LogP contribution in [-0.2, 0) is 16.1 Å². The minimum absolute atomic E-state index is 0.0234. The van der Waals surface area contributed by atoms with Gasteiger partial charge < -0.3 is 10.6 Å². The van der Waals surface area contributed by atoms with Crippen molar-refractivity contribution in [3.8, 4) is 0 Å². The van der Waals surface area contributed by atoms with Crippen LogP contribution in [0.5, 0.6) is 0 Å². The summed E-state index contributed by atoms with van der Waals surface area (Å²) in [5.41, 5.74) is 1.28. The van der Waals surface area contributed by atoms with Crippen LogP contribution in [0.2, 0.25) is 0 Å². The molecule has 1 aliphatic rings. The molecule has 126 valence electrons. The molecule has 0 aliphatic carbocycles. The molecule has 0 spiro atoms. The third kappa shape index (κ3) is 5.98. The molecule has 1 aliphatic heterocycles. The number of aromatic nitrogens is 1. The van der Waals surface area contributed by atoms with Gasteiger partial charge in [-0.25, -0.2) is 0 Å². The van der Waals surface area contributed by atoms with E-state index in [-0.39, 0.29) is 6.04 Å². The second-order valence-electron chi connectivity index (χ2n) is 6.41. The summed E-state index contributed by atoms with van der Waals surface area (Å²) in [6.45, 7) is 7.22. The predicted molar refractivity (Wildman–Crippen MR) is 88.5 cm³/mol. The number of nitrogens with one attached hydrogen (secondary N) is 2. The Kier molecular flexibility index (Phi) is 6.52. The minimum Gasteiger partial charge on any atom is -0.348 e. The summed E-state index contributed by atoms with van der Waals surface area (Å²) in [5, 5.41) is 5.34. The second kappa shape index (κ2) is 8.62. The molecule has 6 nitrogen and oxygen atoms in total. The van der Waals surface area contributed by atoms with Crippen LogP contribution in [0.4, 0.5) is 0 Å². The third-order valence-corrected chi connectivity index (χ3v) is 4.04. The zero-order valence-corrected chi connectivity index (χ0v) is 13.9. The molecule has 0 saturated carbocycles. The first kappa shape index (κ1) is 17.4. The number of likely N-dealkylation sites (tertiary alicyclic amines) is 1. The molecule has 1 fully saturated rings. The Labute approximate surface area is 137 Å². The average Bonchev–Trinajstić information content (AvgIpc) is 2.54. The standard InChI is InChI=1S/C17H26N4O2/c1-13(2)20-17(23)16(22)19-11-14-5-9-21(10-6-14)12-15-3-7-18-8-4-15/h3-4,7-8,13-14H,5-6,9-12H2,1-2H3,(H,19,22)(H,20,23). The van der Waals surface area contributed by atoms with Crippen molar-refractivity contribution >= 4 is 11.8 Å². The molecule has 1 aromatic heterocycles. The van der Waals surface area contributed by atoms with E-state index in [0.717, 1.165) is 32.5 Å². The molecule has 2 heterocycles. The Morgan fingerprint density at radius 1 is 1.22 bits per heavy atom. The normalized spacial score (nSPS) is 16.3. The molecule has 1 aromatic rings. The summed E-state index contributed by atoms with van der Waals surface area (Å²) in [4.78, 5) is 29.7. The molecule has 0 bridgehead atoms. The number of amides is 2. The highest BCUT2D eigenvalue weighted by Gasteiger charge is 2.21. The monoisotopic (exact) mass is 318 g/mol. The Balaban J connectivity index is 1.67. The van der Waals surface area contributed by atoms with Gasteiger partial charge in [-0.1, -0.05) is 0 Å². The Morgan fingerprint density at radius 2 is 1.87 bits per heavy atom. The van der Waals surface area contributed by atoms with Crippen LogP contribution < -0.4 is 10.6 Å². The first-order valence-corrected chi connectivity index (χ1v) is 8.24. The van der Waals surface area contributed by atoms with Crippen molar-refractivity contribution in [3.63, 3.8) is 0 Å². The number of pyridine rings is 1. The van der Waals surface area contributed by atoms with Gasteiger partial charge in [0.1, 0.15) is 0 Å². The summed E-state index contributed by atoms with van der Waals surface area (Å²) in [7, 11) is 0. The van der Waals surface area contributed by atoms with E-state index in [1.165, 1.54) is 5.56 Å². The number of rotatable bonds is 5. The number of carbonyl (C=O) groups excluding carboxylic acids is 2. The van der Waals surface area contributed by atoms with E-state index < -0.39 is 11.8 Å². The summed E-state index contributed by atoms with van der Waals surface area (Å²) in [6, 6.07) is 4.06. The van der Waals surface area contributed by atoms with Crippen LogP contribution in [0.25, 0.3) is 0 Å². The van der Waals surface area contributed by atoms with Gasteiger partial charge in [-0.3, -0.25) is 19.5 Å². The number of nitrogens with zero attached hydrogens (tertiary/aromatic N) is 2. The van der Waals surface area contributed by atoms with E-state index in [1.807, 2.05) is 38.4 Å². The van der Waals surface area contributed by atoms with Crippen LogP contribution in [0, 0.1) is 5.92 Å². The number of hydrogen-bond acceptors (Lipinski definition) is 4. The lowest BCUT2D eigenvalue weighted by Gasteiger charge is -2.32. The molecule has 2 amide bonds. The summed E-state index contributed by atoms with van der Waals surface area (Å²) in [6.07, 6.45) is 5.72. The molecule has 1 saturated heterocycles. The van der Waals surface area contributed by atoms with Crippen molar-refractivity contribution in [3.05, 3.63) is 30.1 Å². The summed E-state index contributed by atoms with van der Waals surface area (Å²) < 4.78 is 0. The van der Waals surface area contributed by atoms with Gasteiger partial charge in [0.05, 0.1) is 0 Å². The van der Waals surface area contributed by atoms with Crippen molar-refractivity contribution in [2.24, 2.45) is 5.92 Å². The van der Waals surface area contributed by atoms with Crippen molar-refractivity contribution in [1.29, 1.82) is 0 Å².